The van der Waals surface area contributed by atoms with Gasteiger partial charge in [0.15, 0.2) is 11.5 Å². The molecule has 1 aromatic heterocycles. The van der Waals surface area contributed by atoms with Crippen LogP contribution in [0.5, 0.6) is 0 Å². The van der Waals surface area contributed by atoms with Crippen molar-refractivity contribution in [3.05, 3.63) is 64.2 Å². The second kappa shape index (κ2) is 7.56. The minimum Gasteiger partial charge on any atom is -0.385 e. The molecule has 1 aromatic carbocycles. The van der Waals surface area contributed by atoms with Crippen molar-refractivity contribution in [2.24, 2.45) is 10.7 Å². The van der Waals surface area contributed by atoms with Gasteiger partial charge in [-0.1, -0.05) is 6.07 Å². The lowest BCUT2D eigenvalue weighted by molar-refractivity contribution is 0.0987. The fraction of sp³-hybridized carbons (Fsp3) is 0.364. The number of benzene rings is 1. The number of amidine groups is 1. The molecule has 3 rings (SSSR count). The number of Topliss-reactive ketones (excluding diaryl/α,β-unsaturated/α-hetero) is 1. The number of ketones is 1. The molecule has 156 valence electrons. The molecule has 2 aromatic rings. The zero-order chi connectivity index (χ0) is 22.3. The molecule has 0 bridgehead atoms. The Balaban J connectivity index is 1.96. The largest absolute Gasteiger partial charge is 0.385 e. The topological polar surface area (TPSA) is 92.1 Å². The number of alkyl halides is 2. The molecule has 1 aliphatic heterocycles. The monoisotopic (exact) mass is 414 g/mol. The first kappa shape index (κ1) is 21.5. The average Bonchev–Trinajstić information content (AvgIpc) is 2.67. The van der Waals surface area contributed by atoms with E-state index in [4.69, 9.17) is 11.0 Å². The highest BCUT2D eigenvalue weighted by molar-refractivity contribution is 5.97. The van der Waals surface area contributed by atoms with Crippen molar-refractivity contribution >= 4 is 11.6 Å². The van der Waals surface area contributed by atoms with Gasteiger partial charge < -0.3 is 5.73 Å². The van der Waals surface area contributed by atoms with Crippen molar-refractivity contribution in [2.75, 3.05) is 0 Å². The van der Waals surface area contributed by atoms with E-state index in [0.717, 1.165) is 13.0 Å². The summed E-state index contributed by atoms with van der Waals surface area (Å²) in [5.41, 5.74) is 3.27. The number of hydrogen-bond acceptors (Lipinski definition) is 5. The summed E-state index contributed by atoms with van der Waals surface area (Å²) in [5.74, 6) is -1.44. The van der Waals surface area contributed by atoms with E-state index in [0.29, 0.717) is 16.7 Å². The minimum absolute atomic E-state index is 0.0942. The van der Waals surface area contributed by atoms with Gasteiger partial charge in [-0.3, -0.25) is 14.8 Å². The Labute approximate surface area is 172 Å². The maximum Gasteiger partial charge on any atom is 0.185 e. The highest BCUT2D eigenvalue weighted by atomic mass is 19.2. The Morgan fingerprint density at radius 2 is 2.07 bits per heavy atom. The Bertz CT molecular complexity index is 1090. The number of carbonyl (C=O) groups excluding carboxylic acids is 1. The van der Waals surface area contributed by atoms with Gasteiger partial charge in [-0.15, -0.1) is 0 Å². The summed E-state index contributed by atoms with van der Waals surface area (Å²) >= 11 is 0. The van der Waals surface area contributed by atoms with Crippen LogP contribution in [-0.4, -0.2) is 28.4 Å². The van der Waals surface area contributed by atoms with E-state index in [1.807, 2.05) is 6.07 Å². The maximum atomic E-state index is 14.9. The van der Waals surface area contributed by atoms with Crippen LogP contribution in [0, 0.1) is 24.1 Å². The van der Waals surface area contributed by atoms with Crippen LogP contribution in [0.25, 0.3) is 0 Å². The Morgan fingerprint density at radius 1 is 1.37 bits per heavy atom. The summed E-state index contributed by atoms with van der Waals surface area (Å²) in [5, 5.41) is 8.92. The van der Waals surface area contributed by atoms with Gasteiger partial charge in [0.25, 0.3) is 0 Å². The predicted molar refractivity (Wildman–Crippen MR) is 106 cm³/mol. The summed E-state index contributed by atoms with van der Waals surface area (Å²) in [6.07, 6.45) is -1.16. The molecular formula is C22H21F3N4O. The maximum absolute atomic E-state index is 14.9. The van der Waals surface area contributed by atoms with Crippen molar-refractivity contribution in [2.45, 2.75) is 51.0 Å². The van der Waals surface area contributed by atoms with E-state index in [1.165, 1.54) is 25.3 Å². The number of pyridine rings is 1. The fourth-order valence-corrected chi connectivity index (χ4v) is 3.57. The molecule has 2 N–H and O–H groups in total. The van der Waals surface area contributed by atoms with Gasteiger partial charge in [-0.2, -0.15) is 5.26 Å². The number of nitriles is 1. The standard InChI is InChI=1S/C22H21F3N4O/c1-12-6-14(10-26)11-28-19(12)17(30)8-13-4-5-16(23)15(7-13)22(3)18(24)9-21(2,25)20(27)29-22/h4-7,11,18H,8-9H2,1-3H3,(H2,27,29)/t18-,21-,22+/m0/s1. The Hall–Kier alpha value is -3.21. The highest BCUT2D eigenvalue weighted by Crippen LogP contribution is 2.42. The molecule has 2 heterocycles. The number of carbonyl (C=O) groups is 1. The van der Waals surface area contributed by atoms with Gasteiger partial charge >= 0.3 is 0 Å². The summed E-state index contributed by atoms with van der Waals surface area (Å²) in [6, 6.07) is 7.41. The quantitative estimate of drug-likeness (QED) is 0.769. The van der Waals surface area contributed by atoms with Gasteiger partial charge in [-0.05, 0) is 50.1 Å². The normalized spacial score (nSPS) is 26.0. The van der Waals surface area contributed by atoms with E-state index in [1.54, 1.807) is 13.0 Å². The van der Waals surface area contributed by atoms with Crippen LogP contribution in [-0.2, 0) is 12.0 Å². The van der Waals surface area contributed by atoms with Crippen LogP contribution in [0.3, 0.4) is 0 Å². The van der Waals surface area contributed by atoms with Crippen LogP contribution < -0.4 is 5.73 Å². The third-order valence-electron chi connectivity index (χ3n) is 5.47. The molecule has 5 nitrogen and oxygen atoms in total. The minimum atomic E-state index is -2.11. The lowest BCUT2D eigenvalue weighted by Gasteiger charge is -2.39. The number of rotatable bonds is 4. The molecule has 3 atom stereocenters. The summed E-state index contributed by atoms with van der Waals surface area (Å²) in [4.78, 5) is 20.7. The van der Waals surface area contributed by atoms with Crippen molar-refractivity contribution in [1.82, 2.24) is 4.98 Å². The first-order chi connectivity index (χ1) is 14.0. The van der Waals surface area contributed by atoms with Gasteiger partial charge in [0.2, 0.25) is 0 Å². The first-order valence-electron chi connectivity index (χ1n) is 9.35. The van der Waals surface area contributed by atoms with Crippen LogP contribution in [0.2, 0.25) is 0 Å². The molecule has 8 heteroatoms. The molecule has 30 heavy (non-hydrogen) atoms. The van der Waals surface area contributed by atoms with E-state index >= 15 is 0 Å². The molecule has 0 amide bonds. The Morgan fingerprint density at radius 3 is 2.70 bits per heavy atom. The summed E-state index contributed by atoms with van der Waals surface area (Å²) < 4.78 is 43.8. The molecule has 0 saturated carbocycles. The molecule has 0 unspecified atom stereocenters. The van der Waals surface area contributed by atoms with Crippen molar-refractivity contribution in [1.29, 1.82) is 5.26 Å². The lowest BCUT2D eigenvalue weighted by atomic mass is 9.78. The fourth-order valence-electron chi connectivity index (χ4n) is 3.57. The second-order valence-electron chi connectivity index (χ2n) is 7.93. The van der Waals surface area contributed by atoms with Gasteiger partial charge in [0.05, 0.1) is 5.56 Å². The van der Waals surface area contributed by atoms with Crippen LogP contribution >= 0.6 is 0 Å². The van der Waals surface area contributed by atoms with Gasteiger partial charge in [0, 0.05) is 24.6 Å². The van der Waals surface area contributed by atoms with Crippen molar-refractivity contribution in [3.63, 3.8) is 0 Å². The van der Waals surface area contributed by atoms with Gasteiger partial charge in [-0.25, -0.2) is 13.2 Å². The number of hydrogen-bond donors (Lipinski definition) is 1. The number of aromatic nitrogens is 1. The number of nitrogens with zero attached hydrogens (tertiary/aromatic N) is 3. The van der Waals surface area contributed by atoms with Crippen LogP contribution in [0.1, 0.15) is 53.0 Å². The SMILES string of the molecule is Cc1cc(C#N)cnc1C(=O)Cc1ccc(F)c([C@@]2(C)N=C(N)[C@@](C)(F)C[C@@H]2F)c1. The molecule has 0 saturated heterocycles. The molecule has 0 spiro atoms. The lowest BCUT2D eigenvalue weighted by Crippen LogP contribution is -2.51. The smallest absolute Gasteiger partial charge is 0.185 e. The van der Waals surface area contributed by atoms with Crippen molar-refractivity contribution < 1.29 is 18.0 Å². The summed E-state index contributed by atoms with van der Waals surface area (Å²) in [7, 11) is 0. The second-order valence-corrected chi connectivity index (χ2v) is 7.93. The third-order valence-corrected chi connectivity index (χ3v) is 5.47. The Kier molecular flexibility index (Phi) is 5.42. The summed E-state index contributed by atoms with van der Waals surface area (Å²) in [6.45, 7) is 4.16. The molecule has 0 aliphatic carbocycles. The van der Waals surface area contributed by atoms with E-state index in [2.05, 4.69) is 9.98 Å². The van der Waals surface area contributed by atoms with Crippen LogP contribution in [0.15, 0.2) is 35.5 Å². The van der Waals surface area contributed by atoms with Crippen LogP contribution in [0.4, 0.5) is 13.2 Å². The number of halogens is 3. The zero-order valence-corrected chi connectivity index (χ0v) is 16.8. The third kappa shape index (κ3) is 3.80. The number of nitrogens with two attached hydrogens (primary N) is 1. The van der Waals surface area contributed by atoms with Crippen molar-refractivity contribution in [3.8, 4) is 6.07 Å². The first-order valence-corrected chi connectivity index (χ1v) is 9.35. The average molecular weight is 414 g/mol. The molecule has 0 fully saturated rings. The van der Waals surface area contributed by atoms with E-state index in [-0.39, 0.29) is 23.5 Å². The number of aryl methyl sites for hydroxylation is 1. The zero-order valence-electron chi connectivity index (χ0n) is 16.8. The molecule has 0 radical (unpaired) electrons. The van der Waals surface area contributed by atoms with E-state index < -0.39 is 35.5 Å². The predicted octanol–water partition coefficient (Wildman–Crippen LogP) is 3.87. The highest BCUT2D eigenvalue weighted by Gasteiger charge is 2.49. The molecule has 1 aliphatic rings. The molecular weight excluding hydrogens is 393 g/mol. The van der Waals surface area contributed by atoms with Gasteiger partial charge in [0.1, 0.15) is 35.1 Å². The van der Waals surface area contributed by atoms with E-state index in [9.17, 15) is 18.0 Å². The number of aliphatic imine (C=N–C) groups is 1.